The first-order valence-corrected chi connectivity index (χ1v) is 10.7. The predicted molar refractivity (Wildman–Crippen MR) is 106 cm³/mol. The van der Waals surface area contributed by atoms with E-state index in [1.807, 2.05) is 0 Å². The van der Waals surface area contributed by atoms with Gasteiger partial charge in [-0.2, -0.15) is 21.6 Å². The lowest BCUT2D eigenvalue weighted by molar-refractivity contribution is -0.384. The van der Waals surface area contributed by atoms with Crippen LogP contribution < -0.4 is 4.90 Å². The highest BCUT2D eigenvalue weighted by Crippen LogP contribution is 2.38. The third kappa shape index (κ3) is 6.42. The minimum Gasteiger partial charge on any atom is -0.356 e. The van der Waals surface area contributed by atoms with E-state index in [0.29, 0.717) is 12.5 Å². The molecule has 0 heterocycles. The van der Waals surface area contributed by atoms with E-state index >= 15 is 0 Å². The minimum absolute atomic E-state index is 0.0548. The van der Waals surface area contributed by atoms with Crippen LogP contribution in [0, 0.1) is 10.1 Å². The Balaban J connectivity index is 2.56. The summed E-state index contributed by atoms with van der Waals surface area (Å²) in [6.45, 7) is 1.53. The standard InChI is InChI=1S/C19H21F3N2O5S/c1-3-16(13-29-30(2,27)28)23(12-14-7-5-4-6-8-14)17-10-9-15(19(20,21)22)11-18(17)24(25)26/h4-11,16H,3,12-13H2,1-2H3/t16-/m1/s1. The summed E-state index contributed by atoms with van der Waals surface area (Å²) in [5.74, 6) is 0. The lowest BCUT2D eigenvalue weighted by atomic mass is 10.1. The molecule has 0 saturated heterocycles. The second kappa shape index (κ2) is 9.43. The Morgan fingerprint density at radius 2 is 1.80 bits per heavy atom. The van der Waals surface area contributed by atoms with E-state index in [1.54, 1.807) is 37.3 Å². The molecule has 0 aliphatic heterocycles. The van der Waals surface area contributed by atoms with Gasteiger partial charge in [-0.25, -0.2) is 0 Å². The number of nitrogens with zero attached hydrogens (tertiary/aromatic N) is 2. The first-order chi connectivity index (χ1) is 13.9. The van der Waals surface area contributed by atoms with Gasteiger partial charge in [0, 0.05) is 12.6 Å². The molecule has 11 heteroatoms. The molecule has 30 heavy (non-hydrogen) atoms. The van der Waals surface area contributed by atoms with E-state index in [2.05, 4.69) is 0 Å². The fourth-order valence-electron chi connectivity index (χ4n) is 2.91. The zero-order chi connectivity index (χ0) is 22.5. The molecule has 0 amide bonds. The molecule has 7 nitrogen and oxygen atoms in total. The summed E-state index contributed by atoms with van der Waals surface area (Å²) >= 11 is 0. The summed E-state index contributed by atoms with van der Waals surface area (Å²) in [4.78, 5) is 12.2. The van der Waals surface area contributed by atoms with E-state index in [0.717, 1.165) is 24.0 Å². The second-order valence-electron chi connectivity index (χ2n) is 6.62. The molecule has 0 unspecified atom stereocenters. The van der Waals surface area contributed by atoms with Gasteiger partial charge < -0.3 is 4.90 Å². The maximum absolute atomic E-state index is 13.1. The molecule has 0 N–H and O–H groups in total. The Morgan fingerprint density at radius 1 is 1.17 bits per heavy atom. The number of halogens is 3. The Hall–Kier alpha value is -2.66. The fourth-order valence-corrected chi connectivity index (χ4v) is 3.31. The number of nitro groups is 1. The van der Waals surface area contributed by atoms with Crippen LogP contribution in [0.5, 0.6) is 0 Å². The van der Waals surface area contributed by atoms with Crippen molar-refractivity contribution in [3.05, 3.63) is 69.8 Å². The Kier molecular flexibility index (Phi) is 7.43. The number of nitro benzene ring substituents is 1. The Morgan fingerprint density at radius 3 is 2.30 bits per heavy atom. The molecule has 2 rings (SSSR count). The van der Waals surface area contributed by atoms with E-state index in [4.69, 9.17) is 4.18 Å². The number of benzene rings is 2. The average Bonchev–Trinajstić information content (AvgIpc) is 2.66. The summed E-state index contributed by atoms with van der Waals surface area (Å²) in [6, 6.07) is 10.4. The molecule has 2 aromatic carbocycles. The van der Waals surface area contributed by atoms with Crippen molar-refractivity contribution in [2.24, 2.45) is 0 Å². The van der Waals surface area contributed by atoms with E-state index in [9.17, 15) is 31.7 Å². The molecule has 164 valence electrons. The van der Waals surface area contributed by atoms with Crippen LogP contribution in [-0.4, -0.2) is 32.2 Å². The van der Waals surface area contributed by atoms with Gasteiger partial charge in [-0.3, -0.25) is 14.3 Å². The molecule has 0 aliphatic rings. The molecule has 0 radical (unpaired) electrons. The van der Waals surface area contributed by atoms with Crippen LogP contribution in [0.25, 0.3) is 0 Å². The zero-order valence-electron chi connectivity index (χ0n) is 16.3. The van der Waals surface area contributed by atoms with Crippen LogP contribution in [0.3, 0.4) is 0 Å². The van der Waals surface area contributed by atoms with Gasteiger partial charge >= 0.3 is 6.18 Å². The third-order valence-electron chi connectivity index (χ3n) is 4.39. The second-order valence-corrected chi connectivity index (χ2v) is 8.27. The monoisotopic (exact) mass is 446 g/mol. The maximum Gasteiger partial charge on any atom is 0.416 e. The van der Waals surface area contributed by atoms with Gasteiger partial charge in [-0.15, -0.1) is 0 Å². The molecule has 2 aromatic rings. The zero-order valence-corrected chi connectivity index (χ0v) is 17.1. The van der Waals surface area contributed by atoms with Crippen molar-refractivity contribution in [1.29, 1.82) is 0 Å². The van der Waals surface area contributed by atoms with Gasteiger partial charge in [0.25, 0.3) is 15.8 Å². The van der Waals surface area contributed by atoms with Crippen LogP contribution in [0.1, 0.15) is 24.5 Å². The van der Waals surface area contributed by atoms with Crippen LogP contribution in [0.2, 0.25) is 0 Å². The molecule has 0 aromatic heterocycles. The molecule has 0 fully saturated rings. The molecule has 1 atom stereocenters. The molecule has 0 aliphatic carbocycles. The quantitative estimate of drug-likeness (QED) is 0.323. The van der Waals surface area contributed by atoms with E-state index in [-0.39, 0.29) is 18.8 Å². The molecular weight excluding hydrogens is 425 g/mol. The highest BCUT2D eigenvalue weighted by atomic mass is 32.2. The van der Waals surface area contributed by atoms with Crippen LogP contribution in [0.15, 0.2) is 48.5 Å². The van der Waals surface area contributed by atoms with Crippen molar-refractivity contribution in [2.75, 3.05) is 17.8 Å². The first-order valence-electron chi connectivity index (χ1n) is 8.93. The molecule has 0 saturated carbocycles. The van der Waals surface area contributed by atoms with Gasteiger partial charge in [0.15, 0.2) is 0 Å². The molecule has 0 spiro atoms. The lowest BCUT2D eigenvalue weighted by Gasteiger charge is -2.32. The van der Waals surface area contributed by atoms with Crippen molar-refractivity contribution in [3.8, 4) is 0 Å². The highest BCUT2D eigenvalue weighted by molar-refractivity contribution is 7.85. The van der Waals surface area contributed by atoms with Gasteiger partial charge in [0.05, 0.1) is 29.4 Å². The largest absolute Gasteiger partial charge is 0.416 e. The van der Waals surface area contributed by atoms with Crippen LogP contribution in [-0.2, 0) is 27.0 Å². The van der Waals surface area contributed by atoms with E-state index < -0.39 is 38.5 Å². The lowest BCUT2D eigenvalue weighted by Crippen LogP contribution is -2.39. The van der Waals surface area contributed by atoms with Gasteiger partial charge in [0.1, 0.15) is 5.69 Å². The molecular formula is C19H21F3N2O5S. The summed E-state index contributed by atoms with van der Waals surface area (Å²) in [5, 5.41) is 11.6. The van der Waals surface area contributed by atoms with Crippen molar-refractivity contribution < 1.29 is 30.7 Å². The average molecular weight is 446 g/mol. The molecule has 0 bridgehead atoms. The SMILES string of the molecule is CC[C@H](COS(C)(=O)=O)N(Cc1ccccc1)c1ccc(C(F)(F)F)cc1[N+](=O)[O-]. The number of anilines is 1. The van der Waals surface area contributed by atoms with Crippen molar-refractivity contribution in [3.63, 3.8) is 0 Å². The third-order valence-corrected chi connectivity index (χ3v) is 4.96. The summed E-state index contributed by atoms with van der Waals surface area (Å²) in [6.07, 6.45) is -3.53. The van der Waals surface area contributed by atoms with Gasteiger partial charge in [0.2, 0.25) is 0 Å². The fraction of sp³-hybridized carbons (Fsp3) is 0.368. The topological polar surface area (TPSA) is 89.8 Å². The van der Waals surface area contributed by atoms with Crippen LogP contribution >= 0.6 is 0 Å². The summed E-state index contributed by atoms with van der Waals surface area (Å²) in [5.41, 5.74) is -1.18. The Labute approximate surface area is 172 Å². The van der Waals surface area contributed by atoms with Crippen molar-refractivity contribution in [1.82, 2.24) is 0 Å². The van der Waals surface area contributed by atoms with Crippen LogP contribution in [0.4, 0.5) is 24.5 Å². The number of alkyl halides is 3. The van der Waals surface area contributed by atoms with Gasteiger partial charge in [-0.1, -0.05) is 37.3 Å². The summed E-state index contributed by atoms with van der Waals surface area (Å²) < 4.78 is 66.9. The Bertz CT molecular complexity index is 981. The maximum atomic E-state index is 13.1. The summed E-state index contributed by atoms with van der Waals surface area (Å²) in [7, 11) is -3.78. The van der Waals surface area contributed by atoms with Gasteiger partial charge in [-0.05, 0) is 24.1 Å². The smallest absolute Gasteiger partial charge is 0.356 e. The van der Waals surface area contributed by atoms with Crippen molar-refractivity contribution >= 4 is 21.5 Å². The predicted octanol–water partition coefficient (Wildman–Crippen LogP) is 4.38. The number of hydrogen-bond acceptors (Lipinski definition) is 6. The van der Waals surface area contributed by atoms with E-state index in [1.165, 1.54) is 4.90 Å². The highest BCUT2D eigenvalue weighted by Gasteiger charge is 2.34. The number of rotatable bonds is 9. The first kappa shape index (κ1) is 23.6. The van der Waals surface area contributed by atoms with Crippen molar-refractivity contribution in [2.45, 2.75) is 32.1 Å². The number of hydrogen-bond donors (Lipinski definition) is 0. The normalized spacial score (nSPS) is 13.1. The minimum atomic E-state index is -4.74.